The van der Waals surface area contributed by atoms with Gasteiger partial charge in [-0.3, -0.25) is 9.69 Å². The van der Waals surface area contributed by atoms with Crippen LogP contribution in [0, 0.1) is 5.41 Å². The molecule has 2 fully saturated rings. The first-order chi connectivity index (χ1) is 10.7. The molecule has 6 heteroatoms. The van der Waals surface area contributed by atoms with E-state index in [-0.39, 0.29) is 11.3 Å². The average Bonchev–Trinajstić information content (AvgIpc) is 3.23. The van der Waals surface area contributed by atoms with Crippen molar-refractivity contribution in [2.75, 3.05) is 24.5 Å². The zero-order valence-electron chi connectivity index (χ0n) is 12.3. The van der Waals surface area contributed by atoms with Crippen LogP contribution < -0.4 is 4.90 Å². The SMILES string of the molecule is O=C1C[C@]2(CCN(Cc3ccoc3)C2)CN1c1cncnc1. The third-order valence-corrected chi connectivity index (χ3v) is 4.68. The number of anilines is 1. The number of amides is 1. The average molecular weight is 298 g/mol. The van der Waals surface area contributed by atoms with Gasteiger partial charge < -0.3 is 9.32 Å². The van der Waals surface area contributed by atoms with Crippen LogP contribution >= 0.6 is 0 Å². The molecule has 2 aromatic heterocycles. The van der Waals surface area contributed by atoms with Crippen molar-refractivity contribution in [3.8, 4) is 0 Å². The number of hydrogen-bond acceptors (Lipinski definition) is 5. The summed E-state index contributed by atoms with van der Waals surface area (Å²) in [6.45, 7) is 3.63. The number of carbonyl (C=O) groups is 1. The second kappa shape index (κ2) is 5.21. The van der Waals surface area contributed by atoms with Gasteiger partial charge in [-0.2, -0.15) is 0 Å². The first kappa shape index (κ1) is 13.5. The number of hydrogen-bond donors (Lipinski definition) is 0. The summed E-state index contributed by atoms with van der Waals surface area (Å²) in [5.74, 6) is 0.181. The maximum absolute atomic E-state index is 12.4. The van der Waals surface area contributed by atoms with Gasteiger partial charge in [0.1, 0.15) is 6.33 Å². The number of likely N-dealkylation sites (tertiary alicyclic amines) is 1. The van der Waals surface area contributed by atoms with E-state index >= 15 is 0 Å². The molecular formula is C16H18N4O2. The van der Waals surface area contributed by atoms with Crippen molar-refractivity contribution in [3.05, 3.63) is 42.9 Å². The van der Waals surface area contributed by atoms with E-state index in [4.69, 9.17) is 4.42 Å². The largest absolute Gasteiger partial charge is 0.472 e. The maximum Gasteiger partial charge on any atom is 0.227 e. The molecule has 2 saturated heterocycles. The fourth-order valence-electron chi connectivity index (χ4n) is 3.64. The molecule has 4 rings (SSSR count). The van der Waals surface area contributed by atoms with E-state index in [9.17, 15) is 4.79 Å². The van der Waals surface area contributed by atoms with Crippen LogP contribution in [0.5, 0.6) is 0 Å². The third-order valence-electron chi connectivity index (χ3n) is 4.68. The lowest BCUT2D eigenvalue weighted by Gasteiger charge is -2.23. The summed E-state index contributed by atoms with van der Waals surface area (Å²) in [5, 5.41) is 0. The van der Waals surface area contributed by atoms with Crippen molar-refractivity contribution in [2.45, 2.75) is 19.4 Å². The molecule has 2 aliphatic heterocycles. The summed E-state index contributed by atoms with van der Waals surface area (Å²) >= 11 is 0. The molecule has 0 radical (unpaired) electrons. The summed E-state index contributed by atoms with van der Waals surface area (Å²) in [4.78, 5) is 24.7. The van der Waals surface area contributed by atoms with Crippen molar-refractivity contribution in [1.82, 2.24) is 14.9 Å². The molecule has 1 spiro atoms. The molecule has 0 bridgehead atoms. The summed E-state index contributed by atoms with van der Waals surface area (Å²) in [6.07, 6.45) is 10.1. The van der Waals surface area contributed by atoms with Gasteiger partial charge in [-0.1, -0.05) is 0 Å². The highest BCUT2D eigenvalue weighted by Crippen LogP contribution is 2.41. The van der Waals surface area contributed by atoms with Gasteiger partial charge in [0.15, 0.2) is 0 Å². The fourth-order valence-corrected chi connectivity index (χ4v) is 3.64. The fraction of sp³-hybridized carbons (Fsp3) is 0.438. The van der Waals surface area contributed by atoms with Crippen molar-refractivity contribution in [3.63, 3.8) is 0 Å². The van der Waals surface area contributed by atoms with Gasteiger partial charge in [0.05, 0.1) is 30.6 Å². The van der Waals surface area contributed by atoms with E-state index in [1.807, 2.05) is 11.0 Å². The molecule has 2 aromatic rings. The first-order valence-corrected chi connectivity index (χ1v) is 7.53. The highest BCUT2D eigenvalue weighted by Gasteiger charge is 2.47. The molecule has 0 aliphatic carbocycles. The van der Waals surface area contributed by atoms with Crippen LogP contribution in [0.2, 0.25) is 0 Å². The van der Waals surface area contributed by atoms with Crippen LogP contribution in [0.25, 0.3) is 0 Å². The molecule has 1 atom stereocenters. The van der Waals surface area contributed by atoms with Crippen molar-refractivity contribution in [1.29, 1.82) is 0 Å². The lowest BCUT2D eigenvalue weighted by atomic mass is 9.86. The normalized spacial score (nSPS) is 25.5. The number of carbonyl (C=O) groups excluding carboxylic acids is 1. The van der Waals surface area contributed by atoms with Gasteiger partial charge in [-0.25, -0.2) is 9.97 Å². The van der Waals surface area contributed by atoms with Crippen LogP contribution in [-0.4, -0.2) is 40.4 Å². The predicted octanol–water partition coefficient (Wildman–Crippen LogP) is 1.70. The monoisotopic (exact) mass is 298 g/mol. The van der Waals surface area contributed by atoms with E-state index < -0.39 is 0 Å². The topological polar surface area (TPSA) is 62.5 Å². The minimum absolute atomic E-state index is 0.0661. The minimum Gasteiger partial charge on any atom is -0.472 e. The van der Waals surface area contributed by atoms with Gasteiger partial charge >= 0.3 is 0 Å². The molecule has 0 saturated carbocycles. The summed E-state index contributed by atoms with van der Waals surface area (Å²) in [7, 11) is 0. The van der Waals surface area contributed by atoms with Crippen LogP contribution in [-0.2, 0) is 11.3 Å². The Labute approximate surface area is 128 Å². The van der Waals surface area contributed by atoms with E-state index in [1.54, 1.807) is 24.9 Å². The van der Waals surface area contributed by atoms with Crippen molar-refractivity contribution < 1.29 is 9.21 Å². The van der Waals surface area contributed by atoms with Crippen molar-refractivity contribution >= 4 is 11.6 Å². The number of aromatic nitrogens is 2. The molecule has 2 aliphatic rings. The van der Waals surface area contributed by atoms with E-state index in [1.165, 1.54) is 11.9 Å². The smallest absolute Gasteiger partial charge is 0.227 e. The Morgan fingerprint density at radius 3 is 2.91 bits per heavy atom. The van der Waals surface area contributed by atoms with Gasteiger partial charge in [0, 0.05) is 37.0 Å². The lowest BCUT2D eigenvalue weighted by Crippen LogP contribution is -2.31. The zero-order valence-corrected chi connectivity index (χ0v) is 12.3. The molecule has 114 valence electrons. The summed E-state index contributed by atoms with van der Waals surface area (Å²) in [5.41, 5.74) is 2.06. The highest BCUT2D eigenvalue weighted by atomic mass is 16.3. The van der Waals surface area contributed by atoms with Gasteiger partial charge in [-0.15, -0.1) is 0 Å². The van der Waals surface area contributed by atoms with Crippen LogP contribution in [0.1, 0.15) is 18.4 Å². The molecule has 22 heavy (non-hydrogen) atoms. The molecule has 1 amide bonds. The van der Waals surface area contributed by atoms with Crippen LogP contribution in [0.15, 0.2) is 41.7 Å². The predicted molar refractivity (Wildman–Crippen MR) is 80.0 cm³/mol. The summed E-state index contributed by atoms with van der Waals surface area (Å²) < 4.78 is 5.13. The zero-order chi connectivity index (χ0) is 15.0. The van der Waals surface area contributed by atoms with E-state index in [0.717, 1.165) is 38.3 Å². The molecule has 0 unspecified atom stereocenters. The van der Waals surface area contributed by atoms with Gasteiger partial charge in [-0.05, 0) is 19.0 Å². The van der Waals surface area contributed by atoms with Crippen LogP contribution in [0.3, 0.4) is 0 Å². The van der Waals surface area contributed by atoms with E-state index in [2.05, 4.69) is 14.9 Å². The quantitative estimate of drug-likeness (QED) is 0.863. The molecule has 6 nitrogen and oxygen atoms in total. The number of rotatable bonds is 3. The second-order valence-corrected chi connectivity index (χ2v) is 6.35. The maximum atomic E-state index is 12.4. The number of nitrogens with zero attached hydrogens (tertiary/aromatic N) is 4. The standard InChI is InChI=1S/C16H18N4O2/c21-15-5-16(11-20(15)14-6-17-12-18-7-14)2-3-19(10-16)8-13-1-4-22-9-13/h1,4,6-7,9,12H,2-3,5,8,10-11H2/t16-/m0/s1. The first-order valence-electron chi connectivity index (χ1n) is 7.53. The highest BCUT2D eigenvalue weighted by molar-refractivity contribution is 5.96. The Morgan fingerprint density at radius 1 is 1.27 bits per heavy atom. The minimum atomic E-state index is 0.0661. The Morgan fingerprint density at radius 2 is 2.14 bits per heavy atom. The van der Waals surface area contributed by atoms with Gasteiger partial charge in [0.2, 0.25) is 5.91 Å². The number of furan rings is 1. The Kier molecular flexibility index (Phi) is 3.18. The molecule has 4 heterocycles. The van der Waals surface area contributed by atoms with Gasteiger partial charge in [0.25, 0.3) is 0 Å². The second-order valence-electron chi connectivity index (χ2n) is 6.35. The third kappa shape index (κ3) is 2.39. The Bertz CT molecular complexity index is 658. The lowest BCUT2D eigenvalue weighted by molar-refractivity contribution is -0.117. The van der Waals surface area contributed by atoms with Crippen molar-refractivity contribution in [2.24, 2.45) is 5.41 Å². The summed E-state index contributed by atoms with van der Waals surface area (Å²) in [6, 6.07) is 2.00. The van der Waals surface area contributed by atoms with Crippen LogP contribution in [0.4, 0.5) is 5.69 Å². The Hall–Kier alpha value is -2.21. The molecule has 0 aromatic carbocycles. The van der Waals surface area contributed by atoms with E-state index in [0.29, 0.717) is 6.42 Å². The molecule has 0 N–H and O–H groups in total. The molecular weight excluding hydrogens is 280 g/mol. The Balaban J connectivity index is 1.46.